The van der Waals surface area contributed by atoms with E-state index in [1.54, 1.807) is 7.11 Å². The summed E-state index contributed by atoms with van der Waals surface area (Å²) in [6.07, 6.45) is 2.66. The molecule has 0 bridgehead atoms. The summed E-state index contributed by atoms with van der Waals surface area (Å²) in [6, 6.07) is 6.30. The Hall–Kier alpha value is -1.26. The molecule has 1 N–H and O–H groups in total. The van der Waals surface area contributed by atoms with Gasteiger partial charge < -0.3 is 19.5 Å². The molecular weight excluding hydrogens is 242 g/mol. The van der Waals surface area contributed by atoms with Crippen molar-refractivity contribution in [3.63, 3.8) is 0 Å². The van der Waals surface area contributed by atoms with Crippen LogP contribution in [0.25, 0.3) is 0 Å². The van der Waals surface area contributed by atoms with Gasteiger partial charge in [-0.1, -0.05) is 6.07 Å². The summed E-state index contributed by atoms with van der Waals surface area (Å²) in [5.74, 6) is 2.23. The molecule has 1 aromatic rings. The van der Waals surface area contributed by atoms with Gasteiger partial charge in [-0.2, -0.15) is 0 Å². The van der Waals surface area contributed by atoms with Gasteiger partial charge in [0.1, 0.15) is 6.10 Å². The highest BCUT2D eigenvalue weighted by Gasteiger charge is 2.23. The Labute approximate surface area is 114 Å². The van der Waals surface area contributed by atoms with E-state index in [2.05, 4.69) is 17.4 Å². The van der Waals surface area contributed by atoms with Gasteiger partial charge in [0, 0.05) is 6.54 Å². The van der Waals surface area contributed by atoms with Crippen LogP contribution in [-0.2, 0) is 4.74 Å². The first-order chi connectivity index (χ1) is 9.36. The SMILES string of the molecule is COc1ccc(C2CCCNC2)cc1OC1COC1. The molecule has 1 atom stereocenters. The molecule has 2 fully saturated rings. The van der Waals surface area contributed by atoms with E-state index in [0.717, 1.165) is 24.6 Å². The lowest BCUT2D eigenvalue weighted by molar-refractivity contribution is -0.0803. The Balaban J connectivity index is 1.78. The lowest BCUT2D eigenvalue weighted by Crippen LogP contribution is -2.38. The van der Waals surface area contributed by atoms with Crippen LogP contribution in [0.4, 0.5) is 0 Å². The predicted molar refractivity (Wildman–Crippen MR) is 73.1 cm³/mol. The Morgan fingerprint density at radius 3 is 2.79 bits per heavy atom. The van der Waals surface area contributed by atoms with Crippen molar-refractivity contribution in [1.29, 1.82) is 0 Å². The molecule has 0 aromatic heterocycles. The number of methoxy groups -OCH3 is 1. The second kappa shape index (κ2) is 5.80. The second-order valence-corrected chi connectivity index (χ2v) is 5.23. The molecule has 0 spiro atoms. The van der Waals surface area contributed by atoms with Crippen LogP contribution < -0.4 is 14.8 Å². The first kappa shape index (κ1) is 12.8. The highest BCUT2D eigenvalue weighted by Crippen LogP contribution is 2.34. The fourth-order valence-electron chi connectivity index (χ4n) is 2.64. The van der Waals surface area contributed by atoms with Crippen molar-refractivity contribution in [2.75, 3.05) is 33.4 Å². The molecule has 4 heteroatoms. The molecule has 0 saturated carbocycles. The third kappa shape index (κ3) is 2.85. The number of hydrogen-bond donors (Lipinski definition) is 1. The molecule has 1 unspecified atom stereocenters. The molecule has 4 nitrogen and oxygen atoms in total. The topological polar surface area (TPSA) is 39.7 Å². The van der Waals surface area contributed by atoms with Gasteiger partial charge >= 0.3 is 0 Å². The fraction of sp³-hybridized carbons (Fsp3) is 0.600. The molecule has 0 amide bonds. The summed E-state index contributed by atoms with van der Waals surface area (Å²) in [7, 11) is 1.68. The van der Waals surface area contributed by atoms with E-state index in [1.807, 2.05) is 6.07 Å². The van der Waals surface area contributed by atoms with Gasteiger partial charge in [-0.15, -0.1) is 0 Å². The monoisotopic (exact) mass is 263 g/mol. The maximum absolute atomic E-state index is 5.93. The average molecular weight is 263 g/mol. The number of rotatable bonds is 4. The molecule has 2 aliphatic heterocycles. The molecule has 19 heavy (non-hydrogen) atoms. The Morgan fingerprint density at radius 1 is 1.26 bits per heavy atom. The van der Waals surface area contributed by atoms with Crippen LogP contribution in [0, 0.1) is 0 Å². The summed E-state index contributed by atoms with van der Waals surface area (Å²) in [4.78, 5) is 0. The van der Waals surface area contributed by atoms with E-state index >= 15 is 0 Å². The quantitative estimate of drug-likeness (QED) is 0.901. The van der Waals surface area contributed by atoms with Crippen molar-refractivity contribution in [3.8, 4) is 11.5 Å². The molecule has 2 saturated heterocycles. The van der Waals surface area contributed by atoms with Crippen LogP contribution in [0.1, 0.15) is 24.3 Å². The first-order valence-electron chi connectivity index (χ1n) is 7.00. The minimum atomic E-state index is 0.175. The third-order valence-corrected chi connectivity index (χ3v) is 3.86. The minimum Gasteiger partial charge on any atom is -0.493 e. The molecule has 0 radical (unpaired) electrons. The van der Waals surface area contributed by atoms with Crippen molar-refractivity contribution in [2.45, 2.75) is 24.9 Å². The van der Waals surface area contributed by atoms with E-state index < -0.39 is 0 Å². The number of ether oxygens (including phenoxy) is 3. The first-order valence-corrected chi connectivity index (χ1v) is 7.00. The van der Waals surface area contributed by atoms with E-state index in [1.165, 1.54) is 18.4 Å². The molecule has 104 valence electrons. The molecule has 2 heterocycles. The van der Waals surface area contributed by atoms with Crippen molar-refractivity contribution in [1.82, 2.24) is 5.32 Å². The van der Waals surface area contributed by atoms with Gasteiger partial charge in [0.15, 0.2) is 11.5 Å². The lowest BCUT2D eigenvalue weighted by atomic mass is 9.91. The zero-order valence-corrected chi connectivity index (χ0v) is 11.4. The summed E-state index contributed by atoms with van der Waals surface area (Å²) in [6.45, 7) is 3.55. The van der Waals surface area contributed by atoms with Crippen LogP contribution >= 0.6 is 0 Å². The smallest absolute Gasteiger partial charge is 0.162 e. The average Bonchev–Trinajstić information content (AvgIpc) is 2.43. The van der Waals surface area contributed by atoms with Gasteiger partial charge in [0.25, 0.3) is 0 Å². The minimum absolute atomic E-state index is 0.175. The number of hydrogen-bond acceptors (Lipinski definition) is 4. The Bertz CT molecular complexity index is 425. The zero-order chi connectivity index (χ0) is 13.1. The summed E-state index contributed by atoms with van der Waals surface area (Å²) < 4.78 is 16.5. The fourth-order valence-corrected chi connectivity index (χ4v) is 2.64. The number of benzene rings is 1. The van der Waals surface area contributed by atoms with E-state index in [4.69, 9.17) is 14.2 Å². The lowest BCUT2D eigenvalue weighted by Gasteiger charge is -2.28. The van der Waals surface area contributed by atoms with Crippen molar-refractivity contribution in [3.05, 3.63) is 23.8 Å². The van der Waals surface area contributed by atoms with Crippen LogP contribution in [-0.4, -0.2) is 39.5 Å². The normalized spacial score (nSPS) is 23.7. The van der Waals surface area contributed by atoms with Crippen LogP contribution in [0.15, 0.2) is 18.2 Å². The number of nitrogens with one attached hydrogen (secondary N) is 1. The largest absolute Gasteiger partial charge is 0.493 e. The Kier molecular flexibility index (Phi) is 3.89. The van der Waals surface area contributed by atoms with Gasteiger partial charge in [-0.25, -0.2) is 0 Å². The number of piperidine rings is 1. The maximum Gasteiger partial charge on any atom is 0.162 e. The standard InChI is InChI=1S/C15H21NO3/c1-17-14-5-4-11(12-3-2-6-16-8-12)7-15(14)19-13-9-18-10-13/h4-5,7,12-13,16H,2-3,6,8-10H2,1H3. The molecule has 3 rings (SSSR count). The van der Waals surface area contributed by atoms with E-state index in [0.29, 0.717) is 19.1 Å². The summed E-state index contributed by atoms with van der Waals surface area (Å²) >= 11 is 0. The van der Waals surface area contributed by atoms with Crippen LogP contribution in [0.3, 0.4) is 0 Å². The predicted octanol–water partition coefficient (Wildman–Crippen LogP) is 1.94. The van der Waals surface area contributed by atoms with Gasteiger partial charge in [0.05, 0.1) is 20.3 Å². The molecule has 2 aliphatic rings. The van der Waals surface area contributed by atoms with Gasteiger partial charge in [0.2, 0.25) is 0 Å². The summed E-state index contributed by atoms with van der Waals surface area (Å²) in [5, 5.41) is 3.45. The van der Waals surface area contributed by atoms with Gasteiger partial charge in [-0.3, -0.25) is 0 Å². The van der Waals surface area contributed by atoms with Crippen molar-refractivity contribution < 1.29 is 14.2 Å². The highest BCUT2D eigenvalue weighted by molar-refractivity contribution is 5.44. The van der Waals surface area contributed by atoms with Crippen LogP contribution in [0.2, 0.25) is 0 Å². The van der Waals surface area contributed by atoms with Crippen LogP contribution in [0.5, 0.6) is 11.5 Å². The van der Waals surface area contributed by atoms with E-state index in [9.17, 15) is 0 Å². The van der Waals surface area contributed by atoms with Crippen molar-refractivity contribution in [2.24, 2.45) is 0 Å². The molecule has 0 aliphatic carbocycles. The zero-order valence-electron chi connectivity index (χ0n) is 11.4. The summed E-state index contributed by atoms with van der Waals surface area (Å²) in [5.41, 5.74) is 1.34. The second-order valence-electron chi connectivity index (χ2n) is 5.23. The molecular formula is C15H21NO3. The van der Waals surface area contributed by atoms with Gasteiger partial charge in [-0.05, 0) is 43.0 Å². The van der Waals surface area contributed by atoms with E-state index in [-0.39, 0.29) is 6.10 Å². The Morgan fingerprint density at radius 2 is 2.16 bits per heavy atom. The third-order valence-electron chi connectivity index (χ3n) is 3.86. The maximum atomic E-state index is 5.93. The highest BCUT2D eigenvalue weighted by atomic mass is 16.6. The molecule has 1 aromatic carbocycles. The van der Waals surface area contributed by atoms with Crippen molar-refractivity contribution >= 4 is 0 Å².